The van der Waals surface area contributed by atoms with Gasteiger partial charge in [0.25, 0.3) is 0 Å². The van der Waals surface area contributed by atoms with Gasteiger partial charge in [-0.05, 0) is 25.7 Å². The van der Waals surface area contributed by atoms with Gasteiger partial charge in [0, 0.05) is 13.0 Å². The average Bonchev–Trinajstić information content (AvgIpc) is 2.61. The summed E-state index contributed by atoms with van der Waals surface area (Å²) >= 11 is 0. The molecule has 0 heterocycles. The molecular weight excluding hydrogens is 380 g/mol. The fraction of sp³-hybridized carbons (Fsp3) is 0.789. The zero-order chi connectivity index (χ0) is 22.6. The molecule has 0 saturated carbocycles. The van der Waals surface area contributed by atoms with E-state index in [1.165, 1.54) is 6.92 Å². The molecule has 0 aromatic rings. The van der Waals surface area contributed by atoms with Crippen LogP contribution in [0.5, 0.6) is 0 Å². The fourth-order valence-corrected chi connectivity index (χ4v) is 2.69. The minimum absolute atomic E-state index is 0.0205. The van der Waals surface area contributed by atoms with Crippen molar-refractivity contribution >= 4 is 23.7 Å². The Balaban J connectivity index is 5.24. The maximum atomic E-state index is 12.6. The first kappa shape index (κ1) is 26.8. The molecule has 0 rings (SSSR count). The summed E-state index contributed by atoms with van der Waals surface area (Å²) in [6.45, 7) is 7.02. The molecule has 0 unspecified atom stereocenters. The first-order chi connectivity index (χ1) is 13.5. The number of carbonyl (C=O) groups excluding carboxylic acids is 3. The minimum Gasteiger partial charge on any atom is -0.480 e. The van der Waals surface area contributed by atoms with E-state index >= 15 is 0 Å². The van der Waals surface area contributed by atoms with Crippen molar-refractivity contribution in [2.75, 3.05) is 6.54 Å². The average molecular weight is 417 g/mol. The van der Waals surface area contributed by atoms with Crippen LogP contribution in [0.2, 0.25) is 0 Å². The zero-order valence-corrected chi connectivity index (χ0v) is 17.7. The number of carbonyl (C=O) groups is 4. The number of hydrogen-bond donors (Lipinski definition) is 6. The Hall–Kier alpha value is -2.20. The number of nitrogens with two attached hydrogens (primary N) is 1. The second-order valence-electron chi connectivity index (χ2n) is 7.56. The van der Waals surface area contributed by atoms with Gasteiger partial charge in [-0.3, -0.25) is 14.4 Å². The normalized spacial score (nSPS) is 15.1. The molecule has 0 aliphatic heterocycles. The molecule has 0 aliphatic rings. The number of amides is 3. The molecule has 0 aromatic carbocycles. The number of hydrogen-bond acceptors (Lipinski definition) is 6. The molecule has 0 fully saturated rings. The highest BCUT2D eigenvalue weighted by atomic mass is 16.4. The maximum Gasteiger partial charge on any atom is 0.326 e. The van der Waals surface area contributed by atoms with Gasteiger partial charge >= 0.3 is 5.97 Å². The van der Waals surface area contributed by atoms with Crippen molar-refractivity contribution < 1.29 is 29.4 Å². The van der Waals surface area contributed by atoms with Crippen LogP contribution in [0.25, 0.3) is 0 Å². The predicted molar refractivity (Wildman–Crippen MR) is 108 cm³/mol. The second kappa shape index (κ2) is 13.9. The Morgan fingerprint density at radius 3 is 2.03 bits per heavy atom. The van der Waals surface area contributed by atoms with Crippen LogP contribution in [0.15, 0.2) is 0 Å². The third-order valence-electron chi connectivity index (χ3n) is 4.25. The molecular formula is C19H36N4O6. The number of nitrogens with one attached hydrogen (secondary N) is 3. The molecule has 0 saturated heterocycles. The van der Waals surface area contributed by atoms with Crippen molar-refractivity contribution in [2.24, 2.45) is 11.7 Å². The second-order valence-corrected chi connectivity index (χ2v) is 7.56. The van der Waals surface area contributed by atoms with Crippen molar-refractivity contribution in [3.05, 3.63) is 0 Å². The number of aliphatic carboxylic acids is 1. The van der Waals surface area contributed by atoms with Crippen molar-refractivity contribution in [3.8, 4) is 0 Å². The number of aliphatic hydroxyl groups is 1. The molecule has 29 heavy (non-hydrogen) atoms. The zero-order valence-electron chi connectivity index (χ0n) is 17.7. The van der Waals surface area contributed by atoms with Crippen LogP contribution in [0.4, 0.5) is 0 Å². The van der Waals surface area contributed by atoms with Crippen LogP contribution < -0.4 is 21.7 Å². The molecule has 0 radical (unpaired) electrons. The van der Waals surface area contributed by atoms with Crippen molar-refractivity contribution in [3.63, 3.8) is 0 Å². The van der Waals surface area contributed by atoms with Gasteiger partial charge in [0.1, 0.15) is 18.1 Å². The van der Waals surface area contributed by atoms with Gasteiger partial charge in [0.15, 0.2) is 0 Å². The molecule has 0 aromatic heterocycles. The molecule has 10 nitrogen and oxygen atoms in total. The van der Waals surface area contributed by atoms with Gasteiger partial charge in [0.05, 0.1) is 6.10 Å². The van der Waals surface area contributed by atoms with E-state index < -0.39 is 42.0 Å². The molecule has 7 N–H and O–H groups in total. The summed E-state index contributed by atoms with van der Waals surface area (Å²) in [4.78, 5) is 48.4. The summed E-state index contributed by atoms with van der Waals surface area (Å²) in [5, 5.41) is 26.6. The Morgan fingerprint density at radius 1 is 0.966 bits per heavy atom. The van der Waals surface area contributed by atoms with Crippen LogP contribution in [0, 0.1) is 5.92 Å². The quantitative estimate of drug-likeness (QED) is 0.221. The summed E-state index contributed by atoms with van der Waals surface area (Å²) in [5.41, 5.74) is 5.35. The smallest absolute Gasteiger partial charge is 0.326 e. The topological polar surface area (TPSA) is 171 Å². The summed E-state index contributed by atoms with van der Waals surface area (Å²) < 4.78 is 0. The van der Waals surface area contributed by atoms with Gasteiger partial charge in [0.2, 0.25) is 17.7 Å². The first-order valence-electron chi connectivity index (χ1n) is 10.0. The van der Waals surface area contributed by atoms with E-state index in [0.29, 0.717) is 12.8 Å². The molecule has 4 atom stereocenters. The minimum atomic E-state index is -1.35. The van der Waals surface area contributed by atoms with E-state index in [1.54, 1.807) is 0 Å². The number of aliphatic hydroxyl groups excluding tert-OH is 1. The Labute approximate surface area is 172 Å². The molecule has 168 valence electrons. The number of carboxylic acids is 1. The highest BCUT2D eigenvalue weighted by Crippen LogP contribution is 2.07. The van der Waals surface area contributed by atoms with Crippen LogP contribution in [-0.4, -0.2) is 64.7 Å². The monoisotopic (exact) mass is 416 g/mol. The number of rotatable bonds is 14. The molecule has 0 bridgehead atoms. The highest BCUT2D eigenvalue weighted by molar-refractivity contribution is 5.93. The molecule has 3 amide bonds. The Morgan fingerprint density at radius 2 is 1.59 bits per heavy atom. The van der Waals surface area contributed by atoms with E-state index in [1.807, 2.05) is 20.8 Å². The highest BCUT2D eigenvalue weighted by Gasteiger charge is 2.32. The SMILES string of the molecule is CCCC[C@H](NC(=O)CCN)C(=O)N[C@H](C(=O)N[C@@H](CC(C)C)C(=O)O)[C@@H](C)O. The van der Waals surface area contributed by atoms with Gasteiger partial charge in [-0.1, -0.05) is 33.6 Å². The summed E-state index contributed by atoms with van der Waals surface area (Å²) in [6.07, 6.45) is 0.826. The van der Waals surface area contributed by atoms with Gasteiger partial charge in [-0.2, -0.15) is 0 Å². The lowest BCUT2D eigenvalue weighted by Crippen LogP contribution is -2.59. The maximum absolute atomic E-state index is 12.6. The van der Waals surface area contributed by atoms with E-state index in [-0.39, 0.29) is 31.2 Å². The summed E-state index contributed by atoms with van der Waals surface area (Å²) in [5.74, 6) is -2.99. The van der Waals surface area contributed by atoms with Crippen molar-refractivity contribution in [1.29, 1.82) is 0 Å². The summed E-state index contributed by atoms with van der Waals surface area (Å²) in [7, 11) is 0. The number of carboxylic acid groups (broad SMARTS) is 1. The van der Waals surface area contributed by atoms with Crippen molar-refractivity contribution in [2.45, 2.75) is 84.0 Å². The largest absolute Gasteiger partial charge is 0.480 e. The van der Waals surface area contributed by atoms with E-state index in [2.05, 4.69) is 16.0 Å². The van der Waals surface area contributed by atoms with Gasteiger partial charge < -0.3 is 31.9 Å². The lowest BCUT2D eigenvalue weighted by molar-refractivity contribution is -0.143. The van der Waals surface area contributed by atoms with E-state index in [4.69, 9.17) is 5.73 Å². The fourth-order valence-electron chi connectivity index (χ4n) is 2.69. The van der Waals surface area contributed by atoms with Crippen molar-refractivity contribution in [1.82, 2.24) is 16.0 Å². The van der Waals surface area contributed by atoms with Crippen LogP contribution in [0.1, 0.15) is 59.8 Å². The standard InChI is InChI=1S/C19H36N4O6/c1-5-6-7-13(21-15(25)8-9-20)17(26)23-16(12(4)24)18(27)22-14(19(28)29)10-11(2)3/h11-14,16,24H,5-10,20H2,1-4H3,(H,21,25)(H,22,27)(H,23,26)(H,28,29)/t12-,13+,14+,16+/m1/s1. The van der Waals surface area contributed by atoms with Crippen LogP contribution in [-0.2, 0) is 19.2 Å². The van der Waals surface area contributed by atoms with Crippen LogP contribution in [0.3, 0.4) is 0 Å². The summed E-state index contributed by atoms with van der Waals surface area (Å²) in [6, 6.07) is -3.37. The van der Waals surface area contributed by atoms with E-state index in [9.17, 15) is 29.4 Å². The third kappa shape index (κ3) is 10.8. The molecule has 10 heteroatoms. The van der Waals surface area contributed by atoms with Crippen LogP contribution >= 0.6 is 0 Å². The Kier molecular flexibility index (Phi) is 12.8. The molecule has 0 spiro atoms. The van der Waals surface area contributed by atoms with Gasteiger partial charge in [-0.15, -0.1) is 0 Å². The lowest BCUT2D eigenvalue weighted by Gasteiger charge is -2.26. The predicted octanol–water partition coefficient (Wildman–Crippen LogP) is -0.509. The first-order valence-corrected chi connectivity index (χ1v) is 10.0. The van der Waals surface area contributed by atoms with E-state index in [0.717, 1.165) is 6.42 Å². The number of unbranched alkanes of at least 4 members (excludes halogenated alkanes) is 1. The Bertz CT molecular complexity index is 553. The molecule has 0 aliphatic carbocycles. The lowest BCUT2D eigenvalue weighted by atomic mass is 10.0. The third-order valence-corrected chi connectivity index (χ3v) is 4.25. The van der Waals surface area contributed by atoms with Gasteiger partial charge in [-0.25, -0.2) is 4.79 Å².